The minimum Gasteiger partial charge on any atom is -0.480 e. The van der Waals surface area contributed by atoms with Gasteiger partial charge in [-0.2, -0.15) is 15.8 Å². The van der Waals surface area contributed by atoms with Crippen LogP contribution in [0.25, 0.3) is 0 Å². The van der Waals surface area contributed by atoms with Crippen LogP contribution in [-0.4, -0.2) is 5.60 Å². The minimum atomic E-state index is -0.902. The average molecular weight is 810 g/mol. The fraction of sp³-hybridized carbons (Fsp3) is 0.312. The summed E-state index contributed by atoms with van der Waals surface area (Å²) in [5.41, 5.74) is 7.11. The molecule has 3 aromatic carbocycles. The van der Waals surface area contributed by atoms with Crippen LogP contribution in [-0.2, 0) is 11.3 Å². The zero-order valence-corrected chi connectivity index (χ0v) is 35.5. The number of anilines is 1. The van der Waals surface area contributed by atoms with Gasteiger partial charge in [-0.3, -0.25) is 0 Å². The number of hydrogen-bond donors (Lipinski definition) is 0. The van der Waals surface area contributed by atoms with Crippen LogP contribution in [0.1, 0.15) is 85.3 Å². The third-order valence-corrected chi connectivity index (χ3v) is 12.0. The lowest BCUT2D eigenvalue weighted by Gasteiger charge is -2.37. The van der Waals surface area contributed by atoms with Crippen molar-refractivity contribution in [3.05, 3.63) is 163 Å². The first kappa shape index (κ1) is 41.2. The summed E-state index contributed by atoms with van der Waals surface area (Å²) in [6, 6.07) is 33.8. The van der Waals surface area contributed by atoms with E-state index in [2.05, 4.69) is 166 Å². The molecule has 280 valence electrons. The highest BCUT2D eigenvalue weighted by molar-refractivity contribution is 9.10. The molecule has 3 aromatic rings. The van der Waals surface area contributed by atoms with Gasteiger partial charge in [0.1, 0.15) is 29.4 Å². The van der Waals surface area contributed by atoms with E-state index in [-0.39, 0.29) is 22.3 Å². The van der Waals surface area contributed by atoms with Gasteiger partial charge in [0.05, 0.1) is 0 Å². The maximum Gasteiger partial charge on any atom is 0.172 e. The van der Waals surface area contributed by atoms with Crippen LogP contribution in [0.3, 0.4) is 0 Å². The fourth-order valence-electron chi connectivity index (χ4n) is 7.01. The molecule has 5 rings (SSSR count). The van der Waals surface area contributed by atoms with Crippen LogP contribution in [0.5, 0.6) is 0 Å². The van der Waals surface area contributed by atoms with Crippen molar-refractivity contribution < 1.29 is 4.74 Å². The Hall–Kier alpha value is -5.00. The number of ether oxygens (including phenoxy) is 1. The third-order valence-electron chi connectivity index (χ3n) is 10.3. The lowest BCUT2D eigenvalue weighted by molar-refractivity contribution is 0.0954. The van der Waals surface area contributed by atoms with E-state index < -0.39 is 5.60 Å². The normalized spacial score (nSPS) is 18.0. The second kappa shape index (κ2) is 17.6. The van der Waals surface area contributed by atoms with Crippen LogP contribution in [0, 0.1) is 45.3 Å². The van der Waals surface area contributed by atoms with E-state index in [0.717, 1.165) is 34.5 Å². The van der Waals surface area contributed by atoms with Crippen molar-refractivity contribution in [2.75, 3.05) is 4.90 Å². The van der Waals surface area contributed by atoms with Gasteiger partial charge in [0.15, 0.2) is 11.3 Å². The molecule has 1 unspecified atom stereocenters. The Morgan fingerprint density at radius 2 is 1.60 bits per heavy atom. The van der Waals surface area contributed by atoms with Crippen molar-refractivity contribution in [3.63, 3.8) is 0 Å². The zero-order valence-electron chi connectivity index (χ0n) is 33.1. The molecule has 0 spiro atoms. The van der Waals surface area contributed by atoms with Crippen molar-refractivity contribution in [1.29, 1.82) is 15.8 Å². The number of allylic oxidation sites excluding steroid dienone is 8. The highest BCUT2D eigenvalue weighted by Crippen LogP contribution is 2.49. The van der Waals surface area contributed by atoms with Crippen molar-refractivity contribution in [2.24, 2.45) is 11.3 Å². The minimum absolute atomic E-state index is 0.0253. The molecule has 0 saturated carbocycles. The number of benzene rings is 3. The monoisotopic (exact) mass is 808 g/mol. The molecule has 0 fully saturated rings. The molecule has 0 amide bonds. The van der Waals surface area contributed by atoms with E-state index in [0.29, 0.717) is 17.4 Å². The van der Waals surface area contributed by atoms with Gasteiger partial charge < -0.3 is 9.64 Å². The number of nitriles is 3. The number of halogens is 1. The van der Waals surface area contributed by atoms with Crippen LogP contribution in [0.4, 0.5) is 5.69 Å². The second-order valence-electron chi connectivity index (χ2n) is 15.9. The molecule has 7 heteroatoms. The van der Waals surface area contributed by atoms with E-state index >= 15 is 0 Å². The summed E-state index contributed by atoms with van der Waals surface area (Å²) in [4.78, 5) is 4.74. The molecule has 0 radical (unpaired) electrons. The van der Waals surface area contributed by atoms with Gasteiger partial charge in [0.2, 0.25) is 0 Å². The van der Waals surface area contributed by atoms with E-state index in [9.17, 15) is 15.8 Å². The first-order valence-electron chi connectivity index (χ1n) is 18.7. The summed E-state index contributed by atoms with van der Waals surface area (Å²) in [5.74, 6) is 0.759. The van der Waals surface area contributed by atoms with Gasteiger partial charge in [0.25, 0.3) is 0 Å². The zero-order chi connectivity index (χ0) is 39.9. The molecular weight excluding hydrogens is 761 g/mol. The van der Waals surface area contributed by atoms with Gasteiger partial charge >= 0.3 is 0 Å². The molecule has 55 heavy (non-hydrogen) atoms. The van der Waals surface area contributed by atoms with Gasteiger partial charge in [0, 0.05) is 37.8 Å². The van der Waals surface area contributed by atoms with Crippen molar-refractivity contribution in [2.45, 2.75) is 91.2 Å². The fourth-order valence-corrected chi connectivity index (χ4v) is 8.35. The molecule has 0 aromatic heterocycles. The highest BCUT2D eigenvalue weighted by atomic mass is 79.9. The predicted molar refractivity (Wildman–Crippen MR) is 229 cm³/mol. The number of hydrogen-bond acceptors (Lipinski definition) is 6. The molecule has 1 aliphatic heterocycles. The first-order chi connectivity index (χ1) is 26.2. The Bertz CT molecular complexity index is 2210. The molecule has 0 N–H and O–H groups in total. The molecule has 1 atom stereocenters. The van der Waals surface area contributed by atoms with Gasteiger partial charge in [-0.25, -0.2) is 0 Å². The average Bonchev–Trinajstić information content (AvgIpc) is 3.42. The topological polar surface area (TPSA) is 83.8 Å². The summed E-state index contributed by atoms with van der Waals surface area (Å²) in [7, 11) is 0. The largest absolute Gasteiger partial charge is 0.480 e. The highest BCUT2D eigenvalue weighted by Gasteiger charge is 2.39. The van der Waals surface area contributed by atoms with Gasteiger partial charge in [-0.15, -0.1) is 0 Å². The lowest BCUT2D eigenvalue weighted by Crippen LogP contribution is -2.25. The molecular formula is C48H49BrN4OS. The molecule has 1 heterocycles. The lowest BCUT2D eigenvalue weighted by atomic mass is 9.70. The quantitative estimate of drug-likeness (QED) is 0.190. The first-order valence-corrected chi connectivity index (χ1v) is 20.3. The van der Waals surface area contributed by atoms with Crippen molar-refractivity contribution in [1.82, 2.24) is 0 Å². The summed E-state index contributed by atoms with van der Waals surface area (Å²) in [6.07, 6.45) is 10.4. The van der Waals surface area contributed by atoms with E-state index in [1.165, 1.54) is 32.9 Å². The molecule has 1 aliphatic carbocycles. The summed E-state index contributed by atoms with van der Waals surface area (Å²) in [6.45, 7) is 18.1. The van der Waals surface area contributed by atoms with Crippen molar-refractivity contribution >= 4 is 33.4 Å². The van der Waals surface area contributed by atoms with E-state index in [1.54, 1.807) is 11.8 Å². The summed E-state index contributed by atoms with van der Waals surface area (Å²) >= 11 is 5.36. The Labute approximate surface area is 340 Å². The van der Waals surface area contributed by atoms with Crippen LogP contribution in [0.15, 0.2) is 157 Å². The standard InChI is InChI=1S/C48H49BrN4OS/c1-32(2)41-16-12-13-17-44(41)53(31-34-14-10-9-11-15-34)33(3)18-19-35-26-38(47(4,5)6)27-36(46(35)55-40-23-21-39(49)22-24-40)20-25-43-42(30-52)45(37(28-50)29-51)54-48(43,7)8/h9-25,32,38H,26-27,31H2,1-8H3/b25-20+,33-18+,35-19+. The Morgan fingerprint density at radius 3 is 2.22 bits per heavy atom. The van der Waals surface area contributed by atoms with Gasteiger partial charge in [-0.1, -0.05) is 129 Å². The summed E-state index contributed by atoms with van der Waals surface area (Å²) < 4.78 is 7.13. The Balaban J connectivity index is 1.70. The van der Waals surface area contributed by atoms with Crippen LogP contribution in [0.2, 0.25) is 0 Å². The third kappa shape index (κ3) is 9.82. The molecule has 0 saturated heterocycles. The van der Waals surface area contributed by atoms with Crippen LogP contribution < -0.4 is 4.90 Å². The van der Waals surface area contributed by atoms with E-state index in [1.807, 2.05) is 32.1 Å². The number of rotatable bonds is 10. The maximum atomic E-state index is 10.3. The predicted octanol–water partition coefficient (Wildman–Crippen LogP) is 13.4. The number of nitrogens with zero attached hydrogens (tertiary/aromatic N) is 4. The maximum absolute atomic E-state index is 10.3. The smallest absolute Gasteiger partial charge is 0.172 e. The molecule has 2 aliphatic rings. The van der Waals surface area contributed by atoms with Crippen LogP contribution >= 0.6 is 27.7 Å². The SMILES string of the molecule is C/C(=C\C=C1/CC(C(C)(C)C)CC(/C=C/C2=C(C#N)C(=C(C#N)C#N)OC2(C)C)=C1Sc1ccc(Br)cc1)N(Cc1ccccc1)c1ccccc1C(C)C. The molecule has 0 bridgehead atoms. The second-order valence-corrected chi connectivity index (χ2v) is 17.9. The number of thioether (sulfide) groups is 1. The molecule has 5 nitrogen and oxygen atoms in total. The number of para-hydroxylation sites is 1. The summed E-state index contributed by atoms with van der Waals surface area (Å²) in [5, 5.41) is 29.5. The Morgan fingerprint density at radius 1 is 0.945 bits per heavy atom. The van der Waals surface area contributed by atoms with E-state index in [4.69, 9.17) is 4.74 Å². The van der Waals surface area contributed by atoms with Gasteiger partial charge in [-0.05, 0) is 110 Å². The van der Waals surface area contributed by atoms with Crippen molar-refractivity contribution in [3.8, 4) is 18.2 Å². The Kier molecular flexibility index (Phi) is 13.2.